The van der Waals surface area contributed by atoms with E-state index in [4.69, 9.17) is 4.74 Å². The molecule has 9 nitrogen and oxygen atoms in total. The zero-order valence-corrected chi connectivity index (χ0v) is 18.4. The molecule has 0 aromatic carbocycles. The van der Waals surface area contributed by atoms with Gasteiger partial charge in [0.05, 0.1) is 19.9 Å². The summed E-state index contributed by atoms with van der Waals surface area (Å²) in [5.41, 5.74) is -0.634. The predicted octanol–water partition coefficient (Wildman–Crippen LogP) is 2.30. The van der Waals surface area contributed by atoms with E-state index in [2.05, 4.69) is 31.0 Å². The number of nitrogens with zero attached hydrogens (tertiary/aromatic N) is 2. The standard InChI is InChI=1S/C19H26BrN3O6/c1-19(2,3)15(22-18(27)28-4)16(24)23-9-11(5-14(23)17(25)26)10-29-13-6-12(20)7-21-8-13/h6-8,11,14-15H,5,9-10H2,1-4H3,(H,22,27)(H,25,26)/t11-,14+,15-/m1/s1. The number of hydrogen-bond donors (Lipinski definition) is 2. The first-order valence-corrected chi connectivity index (χ1v) is 9.93. The maximum Gasteiger partial charge on any atom is 0.407 e. The number of carboxylic acids is 1. The minimum atomic E-state index is -1.09. The van der Waals surface area contributed by atoms with Gasteiger partial charge in [0, 0.05) is 23.1 Å². The summed E-state index contributed by atoms with van der Waals surface area (Å²) in [5.74, 6) is -1.16. The van der Waals surface area contributed by atoms with Gasteiger partial charge in [0.15, 0.2) is 0 Å². The molecule has 1 aromatic heterocycles. The van der Waals surface area contributed by atoms with Crippen LogP contribution < -0.4 is 10.1 Å². The third-order valence-corrected chi connectivity index (χ3v) is 5.12. The van der Waals surface area contributed by atoms with Crippen molar-refractivity contribution in [1.82, 2.24) is 15.2 Å². The molecule has 2 amide bonds. The second-order valence-corrected chi connectivity index (χ2v) is 8.95. The Morgan fingerprint density at radius 3 is 2.62 bits per heavy atom. The summed E-state index contributed by atoms with van der Waals surface area (Å²) in [6.07, 6.45) is 2.71. The molecule has 10 heteroatoms. The molecule has 2 heterocycles. The summed E-state index contributed by atoms with van der Waals surface area (Å²) in [7, 11) is 1.21. The average molecular weight is 472 g/mol. The lowest BCUT2D eigenvalue weighted by Gasteiger charge is -2.34. The number of nitrogens with one attached hydrogen (secondary N) is 1. The van der Waals surface area contributed by atoms with Crippen LogP contribution in [0.25, 0.3) is 0 Å². The van der Waals surface area contributed by atoms with E-state index in [0.29, 0.717) is 5.75 Å². The van der Waals surface area contributed by atoms with Gasteiger partial charge in [-0.3, -0.25) is 9.78 Å². The third-order valence-electron chi connectivity index (χ3n) is 4.68. The molecule has 0 unspecified atom stereocenters. The Morgan fingerprint density at radius 2 is 2.07 bits per heavy atom. The number of likely N-dealkylation sites (tertiary alicyclic amines) is 1. The maximum atomic E-state index is 13.2. The minimum absolute atomic E-state index is 0.169. The van der Waals surface area contributed by atoms with Gasteiger partial charge in [-0.05, 0) is 33.8 Å². The van der Waals surface area contributed by atoms with Crippen LogP contribution in [0.4, 0.5) is 4.79 Å². The van der Waals surface area contributed by atoms with Crippen molar-refractivity contribution in [1.29, 1.82) is 0 Å². The fourth-order valence-corrected chi connectivity index (χ4v) is 3.54. The number of alkyl carbamates (subject to hydrolysis) is 1. The van der Waals surface area contributed by atoms with Crippen LogP contribution in [0, 0.1) is 11.3 Å². The van der Waals surface area contributed by atoms with Crippen molar-refractivity contribution in [3.63, 3.8) is 0 Å². The molecular formula is C19H26BrN3O6. The van der Waals surface area contributed by atoms with Crippen LogP contribution in [-0.4, -0.2) is 65.3 Å². The monoisotopic (exact) mass is 471 g/mol. The number of amides is 2. The lowest BCUT2D eigenvalue weighted by atomic mass is 9.85. The predicted molar refractivity (Wildman–Crippen MR) is 107 cm³/mol. The highest BCUT2D eigenvalue weighted by Crippen LogP contribution is 2.29. The lowest BCUT2D eigenvalue weighted by molar-refractivity contribution is -0.150. The number of pyridine rings is 1. The van der Waals surface area contributed by atoms with E-state index in [-0.39, 0.29) is 25.5 Å². The molecule has 1 aromatic rings. The van der Waals surface area contributed by atoms with Crippen LogP contribution in [0.2, 0.25) is 0 Å². The molecule has 0 radical (unpaired) electrons. The Morgan fingerprint density at radius 1 is 1.38 bits per heavy atom. The number of hydrogen-bond acceptors (Lipinski definition) is 6. The number of ether oxygens (including phenoxy) is 2. The molecule has 1 saturated heterocycles. The van der Waals surface area contributed by atoms with Crippen molar-refractivity contribution in [3.8, 4) is 5.75 Å². The summed E-state index contributed by atoms with van der Waals surface area (Å²) < 4.78 is 11.1. The fourth-order valence-electron chi connectivity index (χ4n) is 3.20. The SMILES string of the molecule is COC(=O)N[C@H](C(=O)N1C[C@H](COc2cncc(Br)c2)C[C@H]1C(=O)O)C(C)(C)C. The lowest BCUT2D eigenvalue weighted by Crippen LogP contribution is -2.56. The minimum Gasteiger partial charge on any atom is -0.492 e. The van der Waals surface area contributed by atoms with Crippen molar-refractivity contribution in [2.75, 3.05) is 20.3 Å². The summed E-state index contributed by atoms with van der Waals surface area (Å²) in [6.45, 7) is 5.83. The average Bonchev–Trinajstić information content (AvgIpc) is 3.07. The van der Waals surface area contributed by atoms with Crippen molar-refractivity contribution >= 4 is 33.9 Å². The first-order chi connectivity index (χ1) is 13.5. The highest BCUT2D eigenvalue weighted by atomic mass is 79.9. The molecule has 0 bridgehead atoms. The zero-order chi connectivity index (χ0) is 21.8. The Bertz CT molecular complexity index is 767. The van der Waals surface area contributed by atoms with Crippen molar-refractivity contribution in [2.45, 2.75) is 39.3 Å². The molecule has 0 saturated carbocycles. The quantitative estimate of drug-likeness (QED) is 0.652. The molecule has 1 fully saturated rings. The van der Waals surface area contributed by atoms with Gasteiger partial charge in [-0.15, -0.1) is 0 Å². The molecule has 160 valence electrons. The van der Waals surface area contributed by atoms with Crippen LogP contribution in [0.1, 0.15) is 27.2 Å². The van der Waals surface area contributed by atoms with Crippen LogP contribution in [0.15, 0.2) is 22.9 Å². The van der Waals surface area contributed by atoms with Crippen LogP contribution in [-0.2, 0) is 14.3 Å². The molecule has 1 aliphatic rings. The van der Waals surface area contributed by atoms with E-state index < -0.39 is 35.5 Å². The molecule has 2 N–H and O–H groups in total. The van der Waals surface area contributed by atoms with E-state index in [1.54, 1.807) is 39.2 Å². The topological polar surface area (TPSA) is 118 Å². The number of methoxy groups -OCH3 is 1. The Kier molecular flexibility index (Phi) is 7.45. The number of carboxylic acid groups (broad SMARTS) is 1. The number of halogens is 1. The van der Waals surface area contributed by atoms with Crippen LogP contribution in [0.3, 0.4) is 0 Å². The highest BCUT2D eigenvalue weighted by molar-refractivity contribution is 9.10. The van der Waals surface area contributed by atoms with E-state index in [1.165, 1.54) is 12.0 Å². The van der Waals surface area contributed by atoms with Gasteiger partial charge in [0.1, 0.15) is 17.8 Å². The molecular weight excluding hydrogens is 446 g/mol. The number of carbonyl (C=O) groups is 3. The normalized spacial score (nSPS) is 20.1. The first kappa shape index (κ1) is 22.9. The Hall–Kier alpha value is -2.36. The van der Waals surface area contributed by atoms with E-state index in [1.807, 2.05) is 0 Å². The molecule has 2 rings (SSSR count). The number of aromatic nitrogens is 1. The summed E-state index contributed by atoms with van der Waals surface area (Å²) in [5, 5.41) is 12.2. The van der Waals surface area contributed by atoms with Crippen LogP contribution >= 0.6 is 15.9 Å². The largest absolute Gasteiger partial charge is 0.492 e. The fraction of sp³-hybridized carbons (Fsp3) is 0.579. The van der Waals surface area contributed by atoms with Gasteiger partial charge < -0.3 is 24.8 Å². The molecule has 3 atom stereocenters. The van der Waals surface area contributed by atoms with Crippen molar-refractivity contribution < 1.29 is 29.0 Å². The van der Waals surface area contributed by atoms with Gasteiger partial charge in [-0.2, -0.15) is 0 Å². The third kappa shape index (κ3) is 6.06. The smallest absolute Gasteiger partial charge is 0.407 e. The molecule has 29 heavy (non-hydrogen) atoms. The first-order valence-electron chi connectivity index (χ1n) is 9.14. The number of carbonyl (C=O) groups excluding carboxylic acids is 2. The van der Waals surface area contributed by atoms with E-state index in [0.717, 1.165) is 4.47 Å². The van der Waals surface area contributed by atoms with Crippen molar-refractivity contribution in [3.05, 3.63) is 22.9 Å². The molecule has 1 aliphatic heterocycles. The van der Waals surface area contributed by atoms with Gasteiger partial charge in [0.25, 0.3) is 0 Å². The second kappa shape index (κ2) is 9.43. The zero-order valence-electron chi connectivity index (χ0n) is 16.8. The summed E-state index contributed by atoms with van der Waals surface area (Å²) in [4.78, 5) is 42.0. The highest BCUT2D eigenvalue weighted by Gasteiger charge is 2.45. The number of rotatable bonds is 6. The maximum absolute atomic E-state index is 13.2. The molecule has 0 spiro atoms. The summed E-state index contributed by atoms with van der Waals surface area (Å²) >= 11 is 3.31. The molecule has 0 aliphatic carbocycles. The van der Waals surface area contributed by atoms with Gasteiger partial charge in [-0.25, -0.2) is 9.59 Å². The van der Waals surface area contributed by atoms with Crippen LogP contribution in [0.5, 0.6) is 5.75 Å². The number of aliphatic carboxylic acids is 1. The van der Waals surface area contributed by atoms with E-state index >= 15 is 0 Å². The van der Waals surface area contributed by atoms with Gasteiger partial charge in [-0.1, -0.05) is 20.8 Å². The Balaban J connectivity index is 2.13. The van der Waals surface area contributed by atoms with Gasteiger partial charge in [0.2, 0.25) is 5.91 Å². The van der Waals surface area contributed by atoms with Gasteiger partial charge >= 0.3 is 12.1 Å². The van der Waals surface area contributed by atoms with E-state index in [9.17, 15) is 19.5 Å². The van der Waals surface area contributed by atoms with Crippen molar-refractivity contribution in [2.24, 2.45) is 11.3 Å². The summed E-state index contributed by atoms with van der Waals surface area (Å²) in [6, 6.07) is -0.151. The Labute approximate surface area is 177 Å². The second-order valence-electron chi connectivity index (χ2n) is 8.03.